The van der Waals surface area contributed by atoms with Crippen LogP contribution in [0.5, 0.6) is 0 Å². The van der Waals surface area contributed by atoms with E-state index in [2.05, 4.69) is 6.92 Å². The number of amides is 1. The van der Waals surface area contributed by atoms with Crippen LogP contribution in [0.15, 0.2) is 12.2 Å². The first-order valence-electron chi connectivity index (χ1n) is 6.22. The van der Waals surface area contributed by atoms with Gasteiger partial charge in [0.05, 0.1) is 10.1 Å². The fourth-order valence-electron chi connectivity index (χ4n) is 1.41. The van der Waals surface area contributed by atoms with Gasteiger partial charge in [0, 0.05) is 19.3 Å². The monoisotopic (exact) mass is 299 g/mol. The predicted molar refractivity (Wildman–Crippen MR) is 70.1 cm³/mol. The van der Waals surface area contributed by atoms with Crippen LogP contribution in [-0.4, -0.2) is 43.1 Å². The number of carbonyl (C=O) groups is 1. The summed E-state index contributed by atoms with van der Waals surface area (Å²) >= 11 is 0. The molecular formula is C12H22NNaO4S. The molecule has 0 bridgehead atoms. The van der Waals surface area contributed by atoms with Crippen molar-refractivity contribution in [1.29, 1.82) is 0 Å². The van der Waals surface area contributed by atoms with Gasteiger partial charge in [0.1, 0.15) is 0 Å². The van der Waals surface area contributed by atoms with Crippen molar-refractivity contribution in [3.63, 3.8) is 0 Å². The summed E-state index contributed by atoms with van der Waals surface area (Å²) in [6, 6.07) is 0. The van der Waals surface area contributed by atoms with Crippen LogP contribution in [0.4, 0.5) is 0 Å². The summed E-state index contributed by atoms with van der Waals surface area (Å²) in [6.07, 6.45) is 7.75. The number of hydrogen-bond donors (Lipinski definition) is 0. The van der Waals surface area contributed by atoms with Crippen LogP contribution in [0.2, 0.25) is 0 Å². The van der Waals surface area contributed by atoms with E-state index in [0.717, 1.165) is 25.7 Å². The SMILES string of the molecule is CCCCC/C=C/C(=O)N(C)CCCS(=O)(=O)[O-].[Na+]. The van der Waals surface area contributed by atoms with Gasteiger partial charge in [0.2, 0.25) is 5.91 Å². The third kappa shape index (κ3) is 14.3. The summed E-state index contributed by atoms with van der Waals surface area (Å²) in [7, 11) is -2.59. The maximum Gasteiger partial charge on any atom is 1.00 e. The van der Waals surface area contributed by atoms with E-state index >= 15 is 0 Å². The van der Waals surface area contributed by atoms with Crippen LogP contribution in [0, 0.1) is 0 Å². The molecule has 0 fully saturated rings. The molecule has 106 valence electrons. The van der Waals surface area contributed by atoms with E-state index in [0.29, 0.717) is 0 Å². The second-order valence-electron chi connectivity index (χ2n) is 4.27. The molecule has 0 saturated carbocycles. The van der Waals surface area contributed by atoms with Crippen molar-refractivity contribution in [3.05, 3.63) is 12.2 Å². The Labute approximate surface area is 138 Å². The molecule has 0 radical (unpaired) electrons. The summed E-state index contributed by atoms with van der Waals surface area (Å²) in [6.45, 7) is 2.40. The number of unbranched alkanes of at least 4 members (excludes halogenated alkanes) is 3. The number of nitrogens with zero attached hydrogens (tertiary/aromatic N) is 1. The summed E-state index contributed by atoms with van der Waals surface area (Å²) in [5.74, 6) is -0.583. The van der Waals surface area contributed by atoms with Gasteiger partial charge in [0.15, 0.2) is 0 Å². The van der Waals surface area contributed by atoms with Gasteiger partial charge < -0.3 is 9.45 Å². The topological polar surface area (TPSA) is 77.5 Å². The second kappa shape index (κ2) is 11.9. The summed E-state index contributed by atoms with van der Waals surface area (Å²) < 4.78 is 31.1. The molecule has 0 aromatic heterocycles. The molecule has 0 N–H and O–H groups in total. The minimum atomic E-state index is -4.18. The maximum absolute atomic E-state index is 11.5. The molecule has 1 amide bonds. The van der Waals surface area contributed by atoms with Crippen LogP contribution in [0.25, 0.3) is 0 Å². The molecule has 0 aromatic carbocycles. The molecule has 5 nitrogen and oxygen atoms in total. The molecule has 7 heteroatoms. The van der Waals surface area contributed by atoms with Crippen molar-refractivity contribution in [1.82, 2.24) is 4.90 Å². The molecule has 0 unspecified atom stereocenters. The van der Waals surface area contributed by atoms with Crippen molar-refractivity contribution in [2.24, 2.45) is 0 Å². The van der Waals surface area contributed by atoms with E-state index in [4.69, 9.17) is 0 Å². The summed E-state index contributed by atoms with van der Waals surface area (Å²) in [5.41, 5.74) is 0. The molecule has 0 saturated heterocycles. The van der Waals surface area contributed by atoms with E-state index < -0.39 is 15.9 Å². The normalized spacial score (nSPS) is 11.3. The maximum atomic E-state index is 11.5. The van der Waals surface area contributed by atoms with Crippen LogP contribution < -0.4 is 29.6 Å². The van der Waals surface area contributed by atoms with Crippen molar-refractivity contribution >= 4 is 16.0 Å². The Morgan fingerprint density at radius 3 is 2.42 bits per heavy atom. The predicted octanol–water partition coefficient (Wildman–Crippen LogP) is -1.48. The molecular weight excluding hydrogens is 277 g/mol. The first kappa shape index (κ1) is 21.4. The summed E-state index contributed by atoms with van der Waals surface area (Å²) in [5, 5.41) is 0. The Morgan fingerprint density at radius 1 is 1.26 bits per heavy atom. The van der Waals surface area contributed by atoms with Gasteiger partial charge in [0.25, 0.3) is 0 Å². The molecule has 0 spiro atoms. The Balaban J connectivity index is 0. The van der Waals surface area contributed by atoms with Crippen molar-refractivity contribution in [2.45, 2.75) is 39.0 Å². The molecule has 0 atom stereocenters. The third-order valence-electron chi connectivity index (χ3n) is 2.50. The fraction of sp³-hybridized carbons (Fsp3) is 0.750. The molecule has 0 aliphatic heterocycles. The molecule has 19 heavy (non-hydrogen) atoms. The average molecular weight is 299 g/mol. The number of rotatable bonds is 9. The fourth-order valence-corrected chi connectivity index (χ4v) is 1.89. The number of likely N-dealkylation sites (N-methyl/N-ethyl adjacent to an activating group) is 1. The smallest absolute Gasteiger partial charge is 0.748 e. The van der Waals surface area contributed by atoms with Crippen LogP contribution in [-0.2, 0) is 14.9 Å². The Hall–Kier alpha value is 0.120. The van der Waals surface area contributed by atoms with Crippen molar-refractivity contribution in [2.75, 3.05) is 19.3 Å². The van der Waals surface area contributed by atoms with E-state index in [-0.39, 0.29) is 48.4 Å². The van der Waals surface area contributed by atoms with Crippen LogP contribution >= 0.6 is 0 Å². The standard InChI is InChI=1S/C12H23NO4S.Na/c1-3-4-5-6-7-9-12(14)13(2)10-8-11-18(15,16)17;/h7,9H,3-6,8,10-11H2,1-2H3,(H,15,16,17);/q;+1/p-1/b9-7+;. The van der Waals surface area contributed by atoms with E-state index in [1.807, 2.05) is 6.08 Å². The van der Waals surface area contributed by atoms with Gasteiger partial charge in [-0.3, -0.25) is 4.79 Å². The van der Waals surface area contributed by atoms with Gasteiger partial charge in [-0.1, -0.05) is 25.8 Å². The van der Waals surface area contributed by atoms with Crippen LogP contribution in [0.1, 0.15) is 39.0 Å². The van der Waals surface area contributed by atoms with Gasteiger partial charge in [-0.05, 0) is 25.3 Å². The van der Waals surface area contributed by atoms with Gasteiger partial charge in [-0.15, -0.1) is 0 Å². The van der Waals surface area contributed by atoms with Crippen molar-refractivity contribution in [3.8, 4) is 0 Å². The quantitative estimate of drug-likeness (QED) is 0.225. The molecule has 0 heterocycles. The number of hydrogen-bond acceptors (Lipinski definition) is 4. The first-order chi connectivity index (χ1) is 8.37. The molecule has 0 aromatic rings. The zero-order valence-electron chi connectivity index (χ0n) is 12.1. The third-order valence-corrected chi connectivity index (χ3v) is 3.29. The molecule has 0 aliphatic carbocycles. The Kier molecular flexibility index (Phi) is 13.4. The largest absolute Gasteiger partial charge is 1.00 e. The molecule has 0 aliphatic rings. The molecule has 0 rings (SSSR count). The second-order valence-corrected chi connectivity index (χ2v) is 5.80. The van der Waals surface area contributed by atoms with E-state index in [1.54, 1.807) is 7.05 Å². The van der Waals surface area contributed by atoms with E-state index in [9.17, 15) is 17.8 Å². The van der Waals surface area contributed by atoms with Crippen molar-refractivity contribution < 1.29 is 47.3 Å². The van der Waals surface area contributed by atoms with Gasteiger partial charge in [-0.25, -0.2) is 8.42 Å². The number of allylic oxidation sites excluding steroid dienone is 1. The van der Waals surface area contributed by atoms with Gasteiger partial charge >= 0.3 is 29.6 Å². The minimum absolute atomic E-state index is 0. The zero-order valence-corrected chi connectivity index (χ0v) is 14.9. The minimum Gasteiger partial charge on any atom is -0.748 e. The van der Waals surface area contributed by atoms with E-state index in [1.165, 1.54) is 11.0 Å². The van der Waals surface area contributed by atoms with Gasteiger partial charge in [-0.2, -0.15) is 0 Å². The first-order valence-corrected chi connectivity index (χ1v) is 7.79. The van der Waals surface area contributed by atoms with Crippen LogP contribution in [0.3, 0.4) is 0 Å². The zero-order chi connectivity index (χ0) is 14.0. The average Bonchev–Trinajstić information content (AvgIpc) is 2.26. The Bertz CT molecular complexity index is 368. The summed E-state index contributed by atoms with van der Waals surface area (Å²) in [4.78, 5) is 13.0. The number of carbonyl (C=O) groups excluding carboxylic acids is 1. The Morgan fingerprint density at radius 2 is 1.89 bits per heavy atom.